The summed E-state index contributed by atoms with van der Waals surface area (Å²) < 4.78 is 0. The molecule has 1 aromatic heterocycles. The summed E-state index contributed by atoms with van der Waals surface area (Å²) in [5, 5.41) is 8.79. The number of nitrogens with zero attached hydrogens (tertiary/aromatic N) is 2. The highest BCUT2D eigenvalue weighted by molar-refractivity contribution is 7.11. The lowest BCUT2D eigenvalue weighted by Crippen LogP contribution is -2.41. The van der Waals surface area contributed by atoms with E-state index in [1.807, 2.05) is 25.4 Å². The number of nitrogens with one attached hydrogen (secondary N) is 2. The van der Waals surface area contributed by atoms with Crippen LogP contribution in [0.4, 0.5) is 0 Å². The zero-order valence-electron chi connectivity index (χ0n) is 14.1. The fourth-order valence-corrected chi connectivity index (χ4v) is 3.71. The molecule has 0 radical (unpaired) electrons. The Morgan fingerprint density at radius 2 is 2.04 bits per heavy atom. The first kappa shape index (κ1) is 17.2. The van der Waals surface area contributed by atoms with E-state index in [9.17, 15) is 0 Å². The standard InChI is InChI=1S/C18H23ClN4S/c1-13-11-22-16(24-13)7-10-21-17(20-2)23-12-18(8-9-18)14-3-5-15(19)6-4-14/h3-6,11H,7-10,12H2,1-2H3,(H2,20,21,23). The first-order chi connectivity index (χ1) is 11.6. The number of aryl methyl sites for hydroxylation is 1. The highest BCUT2D eigenvalue weighted by Crippen LogP contribution is 2.47. The van der Waals surface area contributed by atoms with E-state index in [2.05, 4.69) is 39.7 Å². The lowest BCUT2D eigenvalue weighted by Gasteiger charge is -2.19. The second-order valence-electron chi connectivity index (χ2n) is 6.25. The molecular weight excluding hydrogens is 340 g/mol. The van der Waals surface area contributed by atoms with Crippen LogP contribution in [0.2, 0.25) is 5.02 Å². The lowest BCUT2D eigenvalue weighted by molar-refractivity contribution is 0.645. The number of benzene rings is 1. The predicted molar refractivity (Wildman–Crippen MR) is 102 cm³/mol. The van der Waals surface area contributed by atoms with Crippen LogP contribution in [-0.2, 0) is 11.8 Å². The van der Waals surface area contributed by atoms with Gasteiger partial charge in [-0.25, -0.2) is 4.98 Å². The van der Waals surface area contributed by atoms with Crippen molar-refractivity contribution in [2.24, 2.45) is 4.99 Å². The van der Waals surface area contributed by atoms with Gasteiger partial charge in [0.25, 0.3) is 0 Å². The second kappa shape index (κ2) is 7.53. The van der Waals surface area contributed by atoms with Crippen LogP contribution in [0.15, 0.2) is 35.5 Å². The zero-order valence-corrected chi connectivity index (χ0v) is 15.7. The third kappa shape index (κ3) is 4.28. The van der Waals surface area contributed by atoms with Gasteiger partial charge >= 0.3 is 0 Å². The molecule has 0 amide bonds. The van der Waals surface area contributed by atoms with Gasteiger partial charge in [-0.15, -0.1) is 11.3 Å². The van der Waals surface area contributed by atoms with Crippen molar-refractivity contribution in [2.45, 2.75) is 31.6 Å². The first-order valence-corrected chi connectivity index (χ1v) is 9.43. The van der Waals surface area contributed by atoms with E-state index in [4.69, 9.17) is 11.6 Å². The minimum Gasteiger partial charge on any atom is -0.356 e. The Kier molecular flexibility index (Phi) is 5.41. The van der Waals surface area contributed by atoms with Gasteiger partial charge in [0.15, 0.2) is 5.96 Å². The van der Waals surface area contributed by atoms with Crippen LogP contribution < -0.4 is 10.6 Å². The van der Waals surface area contributed by atoms with Gasteiger partial charge in [-0.2, -0.15) is 0 Å². The van der Waals surface area contributed by atoms with Crippen LogP contribution in [-0.4, -0.2) is 31.1 Å². The van der Waals surface area contributed by atoms with Crippen LogP contribution in [0, 0.1) is 6.92 Å². The van der Waals surface area contributed by atoms with Crippen molar-refractivity contribution >= 4 is 28.9 Å². The maximum Gasteiger partial charge on any atom is 0.191 e. The smallest absolute Gasteiger partial charge is 0.191 e. The molecule has 1 aliphatic carbocycles. The number of hydrogen-bond donors (Lipinski definition) is 2. The number of aromatic nitrogens is 1. The first-order valence-electron chi connectivity index (χ1n) is 8.23. The average molecular weight is 363 g/mol. The van der Waals surface area contributed by atoms with E-state index in [-0.39, 0.29) is 5.41 Å². The molecule has 0 spiro atoms. The van der Waals surface area contributed by atoms with Crippen molar-refractivity contribution in [3.63, 3.8) is 0 Å². The van der Waals surface area contributed by atoms with Crippen molar-refractivity contribution in [2.75, 3.05) is 20.1 Å². The third-order valence-electron chi connectivity index (χ3n) is 4.43. The Morgan fingerprint density at radius 1 is 1.29 bits per heavy atom. The maximum absolute atomic E-state index is 5.99. The van der Waals surface area contributed by atoms with Gasteiger partial charge in [0.1, 0.15) is 0 Å². The van der Waals surface area contributed by atoms with E-state index in [0.717, 1.165) is 35.5 Å². The molecule has 1 fully saturated rings. The molecule has 2 N–H and O–H groups in total. The molecule has 24 heavy (non-hydrogen) atoms. The van der Waals surface area contributed by atoms with Crippen LogP contribution in [0.5, 0.6) is 0 Å². The summed E-state index contributed by atoms with van der Waals surface area (Å²) in [7, 11) is 1.81. The average Bonchev–Trinajstić information content (AvgIpc) is 3.26. The summed E-state index contributed by atoms with van der Waals surface area (Å²) in [6.45, 7) is 3.81. The number of thiazole rings is 1. The van der Waals surface area contributed by atoms with Crippen LogP contribution >= 0.6 is 22.9 Å². The summed E-state index contributed by atoms with van der Waals surface area (Å²) >= 11 is 7.74. The Hall–Kier alpha value is -1.59. The van der Waals surface area contributed by atoms with Gasteiger partial charge in [0.2, 0.25) is 0 Å². The maximum atomic E-state index is 5.99. The van der Waals surface area contributed by atoms with Gasteiger partial charge in [0.05, 0.1) is 5.01 Å². The molecule has 0 unspecified atom stereocenters. The summed E-state index contributed by atoms with van der Waals surface area (Å²) in [4.78, 5) is 9.96. The quantitative estimate of drug-likeness (QED) is 0.610. The predicted octanol–water partition coefficient (Wildman–Crippen LogP) is 3.54. The van der Waals surface area contributed by atoms with Crippen LogP contribution in [0.3, 0.4) is 0 Å². The number of halogens is 1. The summed E-state index contributed by atoms with van der Waals surface area (Å²) in [6, 6.07) is 8.22. The molecular formula is C18H23ClN4S. The molecule has 6 heteroatoms. The van der Waals surface area contributed by atoms with Crippen molar-refractivity contribution in [3.8, 4) is 0 Å². The molecule has 0 bridgehead atoms. The molecule has 1 heterocycles. The van der Waals surface area contributed by atoms with Crippen molar-refractivity contribution in [3.05, 3.63) is 50.9 Å². The largest absolute Gasteiger partial charge is 0.356 e. The Morgan fingerprint density at radius 3 is 2.62 bits per heavy atom. The zero-order chi connectivity index (χ0) is 17.0. The fraction of sp³-hybridized carbons (Fsp3) is 0.444. The van der Waals surface area contributed by atoms with Gasteiger partial charge in [-0.3, -0.25) is 4.99 Å². The lowest BCUT2D eigenvalue weighted by atomic mass is 9.96. The summed E-state index contributed by atoms with van der Waals surface area (Å²) in [5.74, 6) is 0.850. The molecule has 3 rings (SSSR count). The van der Waals surface area contributed by atoms with Gasteiger partial charge in [-0.1, -0.05) is 23.7 Å². The van der Waals surface area contributed by atoms with Crippen molar-refractivity contribution in [1.29, 1.82) is 0 Å². The molecule has 0 saturated heterocycles. The highest BCUT2D eigenvalue weighted by Gasteiger charge is 2.44. The van der Waals surface area contributed by atoms with Gasteiger partial charge < -0.3 is 10.6 Å². The van der Waals surface area contributed by atoms with Crippen molar-refractivity contribution in [1.82, 2.24) is 15.6 Å². The molecule has 4 nitrogen and oxygen atoms in total. The summed E-state index contributed by atoms with van der Waals surface area (Å²) in [5.41, 5.74) is 1.59. The monoisotopic (exact) mass is 362 g/mol. The molecule has 128 valence electrons. The second-order valence-corrected chi connectivity index (χ2v) is 8.01. The SMILES string of the molecule is CN=C(NCCc1ncc(C)s1)NCC1(c2ccc(Cl)cc2)CC1. The number of rotatable bonds is 6. The molecule has 0 aliphatic heterocycles. The van der Waals surface area contributed by atoms with Crippen LogP contribution in [0.1, 0.15) is 28.3 Å². The Balaban J connectivity index is 1.48. The van der Waals surface area contributed by atoms with E-state index in [1.54, 1.807) is 11.3 Å². The fourth-order valence-electron chi connectivity index (χ4n) is 2.80. The van der Waals surface area contributed by atoms with Crippen LogP contribution in [0.25, 0.3) is 0 Å². The normalized spacial score (nSPS) is 16.0. The summed E-state index contributed by atoms with van der Waals surface area (Å²) in [6.07, 6.45) is 5.26. The molecule has 1 aromatic carbocycles. The van der Waals surface area contributed by atoms with Gasteiger partial charge in [-0.05, 0) is 37.5 Å². The highest BCUT2D eigenvalue weighted by atomic mass is 35.5. The third-order valence-corrected chi connectivity index (χ3v) is 5.65. The van der Waals surface area contributed by atoms with E-state index in [1.165, 1.54) is 23.3 Å². The molecule has 0 atom stereocenters. The number of aliphatic imine (C=N–C) groups is 1. The number of guanidine groups is 1. The van der Waals surface area contributed by atoms with E-state index in [0.29, 0.717) is 0 Å². The Labute approximate surface area is 152 Å². The topological polar surface area (TPSA) is 49.3 Å². The molecule has 2 aromatic rings. The minimum absolute atomic E-state index is 0.231. The number of hydrogen-bond acceptors (Lipinski definition) is 3. The van der Waals surface area contributed by atoms with E-state index < -0.39 is 0 Å². The van der Waals surface area contributed by atoms with Gasteiger partial charge in [0, 0.05) is 48.1 Å². The molecule has 1 saturated carbocycles. The molecule has 1 aliphatic rings. The Bertz CT molecular complexity index is 704. The van der Waals surface area contributed by atoms with Crippen molar-refractivity contribution < 1.29 is 0 Å². The van der Waals surface area contributed by atoms with E-state index >= 15 is 0 Å². The minimum atomic E-state index is 0.231.